The van der Waals surface area contributed by atoms with E-state index in [-0.39, 0.29) is 11.4 Å². The molecule has 1 atom stereocenters. The monoisotopic (exact) mass is 618 g/mol. The first-order valence-corrected chi connectivity index (χ1v) is 15.5. The molecule has 236 valence electrons. The zero-order chi connectivity index (χ0) is 32.3. The fourth-order valence-corrected chi connectivity index (χ4v) is 6.12. The van der Waals surface area contributed by atoms with Gasteiger partial charge in [0.15, 0.2) is 6.10 Å². The maximum Gasteiger partial charge on any atom is 0.324 e. The van der Waals surface area contributed by atoms with Gasteiger partial charge in [-0.25, -0.2) is 9.48 Å². The summed E-state index contributed by atoms with van der Waals surface area (Å²) < 4.78 is 13.2. The zero-order valence-corrected chi connectivity index (χ0v) is 26.2. The third-order valence-corrected chi connectivity index (χ3v) is 8.68. The van der Waals surface area contributed by atoms with Gasteiger partial charge in [0.1, 0.15) is 17.3 Å². The van der Waals surface area contributed by atoms with E-state index >= 15 is 0 Å². The van der Waals surface area contributed by atoms with Crippen molar-refractivity contribution < 1.29 is 19.1 Å². The van der Waals surface area contributed by atoms with Crippen LogP contribution in [0.2, 0.25) is 0 Å². The first kappa shape index (κ1) is 30.8. The predicted octanol–water partition coefficient (Wildman–Crippen LogP) is 7.56. The molecule has 1 aliphatic rings. The van der Waals surface area contributed by atoms with Crippen LogP contribution in [0.25, 0.3) is 16.5 Å². The molecule has 1 aliphatic carbocycles. The fraction of sp³-hybridized carbons (Fsp3) is 0.278. The van der Waals surface area contributed by atoms with Crippen molar-refractivity contribution in [1.82, 2.24) is 14.8 Å². The number of nitrogens with two attached hydrogens (primary N) is 1. The van der Waals surface area contributed by atoms with Gasteiger partial charge in [0.05, 0.1) is 22.8 Å². The van der Waals surface area contributed by atoms with Gasteiger partial charge in [0.25, 0.3) is 5.91 Å². The number of aryl methyl sites for hydroxylation is 1. The number of anilines is 2. The molecule has 0 radical (unpaired) electrons. The van der Waals surface area contributed by atoms with E-state index in [1.54, 1.807) is 24.3 Å². The average Bonchev–Trinajstić information content (AvgIpc) is 3.48. The first-order valence-electron chi connectivity index (χ1n) is 15.5. The van der Waals surface area contributed by atoms with Gasteiger partial charge in [-0.2, -0.15) is 5.10 Å². The Balaban J connectivity index is 1.26. The third-order valence-electron chi connectivity index (χ3n) is 8.68. The second-order valence-electron chi connectivity index (χ2n) is 12.1. The Labute approximate surface area is 267 Å². The number of primary amides is 1. The highest BCUT2D eigenvalue weighted by Gasteiger charge is 2.32. The summed E-state index contributed by atoms with van der Waals surface area (Å²) in [5.41, 5.74) is 9.40. The normalized spacial score (nSPS) is 14.8. The molecular weight excluding hydrogens is 580 g/mol. The Morgan fingerprint density at radius 1 is 0.935 bits per heavy atom. The van der Waals surface area contributed by atoms with Crippen molar-refractivity contribution in [3.8, 4) is 17.2 Å². The minimum absolute atomic E-state index is 0.0347. The van der Waals surface area contributed by atoms with Gasteiger partial charge in [-0.1, -0.05) is 68.1 Å². The van der Waals surface area contributed by atoms with Gasteiger partial charge in [0, 0.05) is 41.6 Å². The van der Waals surface area contributed by atoms with Crippen molar-refractivity contribution in [1.29, 1.82) is 0 Å². The molecule has 2 aromatic heterocycles. The number of ether oxygens (including phenoxy) is 2. The quantitative estimate of drug-likeness (QED) is 0.156. The smallest absolute Gasteiger partial charge is 0.324 e. The van der Waals surface area contributed by atoms with Gasteiger partial charge in [-0.05, 0) is 50.1 Å². The van der Waals surface area contributed by atoms with Crippen molar-refractivity contribution in [3.63, 3.8) is 0 Å². The lowest BCUT2D eigenvalue weighted by molar-refractivity contribution is -0.128. The number of pyridine rings is 1. The second kappa shape index (κ2) is 13.0. The summed E-state index contributed by atoms with van der Waals surface area (Å²) in [6, 6.07) is 24.3. The topological polar surface area (TPSA) is 133 Å². The van der Waals surface area contributed by atoms with E-state index in [0.29, 0.717) is 28.7 Å². The van der Waals surface area contributed by atoms with Crippen molar-refractivity contribution in [2.45, 2.75) is 57.5 Å². The van der Waals surface area contributed by atoms with Crippen LogP contribution in [0, 0.1) is 6.92 Å². The number of nitrogens with zero attached hydrogens (tertiary/aromatic N) is 3. The van der Waals surface area contributed by atoms with Crippen LogP contribution in [0.5, 0.6) is 11.5 Å². The molecular formula is C36H38N6O4. The van der Waals surface area contributed by atoms with Gasteiger partial charge in [-0.3, -0.25) is 15.1 Å². The summed E-state index contributed by atoms with van der Waals surface area (Å²) >= 11 is 0. The number of rotatable bonds is 9. The second-order valence-corrected chi connectivity index (χ2v) is 12.1. The van der Waals surface area contributed by atoms with E-state index in [2.05, 4.69) is 22.5 Å². The van der Waals surface area contributed by atoms with Crippen molar-refractivity contribution in [3.05, 3.63) is 102 Å². The summed E-state index contributed by atoms with van der Waals surface area (Å²) in [5.74, 6) is 0.983. The summed E-state index contributed by atoms with van der Waals surface area (Å²) in [6.07, 6.45) is 6.27. The van der Waals surface area contributed by atoms with E-state index in [4.69, 9.17) is 20.3 Å². The molecule has 5 aromatic rings. The Morgan fingerprint density at radius 2 is 1.67 bits per heavy atom. The van der Waals surface area contributed by atoms with Gasteiger partial charge in [0.2, 0.25) is 0 Å². The van der Waals surface area contributed by atoms with Gasteiger partial charge >= 0.3 is 6.03 Å². The SMILES string of the molecule is COC(C(N)=O)c1cc(Oc2ccc(NC(=O)Nc3cc(C4(C)CCCCC4)nn3-c3ccc(C)cc3)c3ccccc23)ccn1. The Morgan fingerprint density at radius 3 is 2.39 bits per heavy atom. The number of carbonyl (C=O) groups excluding carboxylic acids is 2. The third kappa shape index (κ3) is 6.43. The first-order chi connectivity index (χ1) is 22.2. The highest BCUT2D eigenvalue weighted by Crippen LogP contribution is 2.40. The molecule has 1 saturated carbocycles. The number of carbonyl (C=O) groups is 2. The van der Waals surface area contributed by atoms with Crippen LogP contribution in [-0.4, -0.2) is 33.8 Å². The molecule has 1 fully saturated rings. The number of methoxy groups -OCH3 is 1. The molecule has 4 N–H and O–H groups in total. The maximum atomic E-state index is 13.5. The lowest BCUT2D eigenvalue weighted by atomic mass is 9.73. The minimum Gasteiger partial charge on any atom is -0.457 e. The molecule has 3 aromatic carbocycles. The molecule has 0 aliphatic heterocycles. The number of fused-ring (bicyclic) bond motifs is 1. The molecule has 10 nitrogen and oxygen atoms in total. The summed E-state index contributed by atoms with van der Waals surface area (Å²) in [4.78, 5) is 29.5. The summed E-state index contributed by atoms with van der Waals surface area (Å²) in [5, 5.41) is 12.7. The number of amides is 3. The number of aromatic nitrogens is 3. The number of urea groups is 1. The Kier molecular flexibility index (Phi) is 8.72. The standard InChI is InChI=1S/C36H38N6O4/c1-23-11-13-24(14-12-23)42-32(22-31(41-42)36(2)18-7-4-8-19-36)40-35(44)39-28-15-16-30(27-10-6-5-9-26(27)28)46-25-17-20-38-29(21-25)33(45-3)34(37)43/h5-6,9-17,20-22,33H,4,7-8,18-19H2,1-3H3,(H2,37,43)(H2,39,40,44). The molecule has 2 heterocycles. The van der Waals surface area contributed by atoms with Crippen LogP contribution in [-0.2, 0) is 14.9 Å². The highest BCUT2D eigenvalue weighted by atomic mass is 16.5. The molecule has 1 unspecified atom stereocenters. The highest BCUT2D eigenvalue weighted by molar-refractivity contribution is 6.07. The minimum atomic E-state index is -0.991. The molecule has 0 saturated heterocycles. The van der Waals surface area contributed by atoms with E-state index in [0.717, 1.165) is 40.6 Å². The summed E-state index contributed by atoms with van der Waals surface area (Å²) in [6.45, 7) is 4.32. The molecule has 3 amide bonds. The van der Waals surface area contributed by atoms with Crippen LogP contribution in [0.15, 0.2) is 85.1 Å². The van der Waals surface area contributed by atoms with E-state index in [1.807, 2.05) is 66.2 Å². The Hall–Kier alpha value is -5.22. The van der Waals surface area contributed by atoms with Crippen molar-refractivity contribution in [2.75, 3.05) is 17.7 Å². The number of benzene rings is 3. The summed E-state index contributed by atoms with van der Waals surface area (Å²) in [7, 11) is 1.40. The fourth-order valence-electron chi connectivity index (χ4n) is 6.12. The molecule has 46 heavy (non-hydrogen) atoms. The van der Waals surface area contributed by atoms with Crippen LogP contribution in [0.4, 0.5) is 16.3 Å². The lowest BCUT2D eigenvalue weighted by Crippen LogP contribution is -2.25. The van der Waals surface area contributed by atoms with E-state index in [1.165, 1.54) is 32.6 Å². The van der Waals surface area contributed by atoms with Crippen LogP contribution < -0.4 is 21.1 Å². The number of hydrogen-bond acceptors (Lipinski definition) is 6. The van der Waals surface area contributed by atoms with Gasteiger partial charge < -0.3 is 20.5 Å². The molecule has 0 bridgehead atoms. The van der Waals surface area contributed by atoms with Gasteiger partial charge in [-0.15, -0.1) is 0 Å². The largest absolute Gasteiger partial charge is 0.457 e. The maximum absolute atomic E-state index is 13.5. The number of hydrogen-bond donors (Lipinski definition) is 3. The van der Waals surface area contributed by atoms with E-state index in [9.17, 15) is 9.59 Å². The molecule has 6 rings (SSSR count). The van der Waals surface area contributed by atoms with Crippen molar-refractivity contribution >= 4 is 34.2 Å². The lowest BCUT2D eigenvalue weighted by Gasteiger charge is -2.31. The molecule has 0 spiro atoms. The molecule has 10 heteroatoms. The van der Waals surface area contributed by atoms with Crippen LogP contribution >= 0.6 is 0 Å². The van der Waals surface area contributed by atoms with Crippen LogP contribution in [0.1, 0.15) is 62.1 Å². The van der Waals surface area contributed by atoms with Crippen molar-refractivity contribution in [2.24, 2.45) is 5.73 Å². The average molecular weight is 619 g/mol. The zero-order valence-electron chi connectivity index (χ0n) is 26.2. The van der Waals surface area contributed by atoms with Crippen LogP contribution in [0.3, 0.4) is 0 Å². The van der Waals surface area contributed by atoms with E-state index < -0.39 is 12.0 Å². The number of nitrogens with one attached hydrogen (secondary N) is 2. The predicted molar refractivity (Wildman–Crippen MR) is 179 cm³/mol. The Bertz CT molecular complexity index is 1880.